The molecule has 0 aliphatic heterocycles. The van der Waals surface area contributed by atoms with E-state index in [1.165, 1.54) is 29.2 Å². The second kappa shape index (κ2) is 12.0. The van der Waals surface area contributed by atoms with E-state index < -0.39 is 23.7 Å². The van der Waals surface area contributed by atoms with E-state index >= 15 is 0 Å². The lowest BCUT2D eigenvalue weighted by atomic mass is 9.98. The first-order valence-electron chi connectivity index (χ1n) is 13.0. The Balaban J connectivity index is 1.23. The summed E-state index contributed by atoms with van der Waals surface area (Å²) in [4.78, 5) is 17.6. The molecule has 8 nitrogen and oxygen atoms in total. The van der Waals surface area contributed by atoms with Gasteiger partial charge in [0.2, 0.25) is 11.7 Å². The highest BCUT2D eigenvalue weighted by atomic mass is 32.2. The van der Waals surface area contributed by atoms with Gasteiger partial charge in [0.1, 0.15) is 6.26 Å². The van der Waals surface area contributed by atoms with Crippen LogP contribution in [0.3, 0.4) is 0 Å². The first kappa shape index (κ1) is 28.0. The van der Waals surface area contributed by atoms with Gasteiger partial charge in [0.15, 0.2) is 16.6 Å². The lowest BCUT2D eigenvalue weighted by molar-refractivity contribution is -0.137. The van der Waals surface area contributed by atoms with Crippen molar-refractivity contribution < 1.29 is 26.8 Å². The third-order valence-electron chi connectivity index (χ3n) is 6.46. The maximum Gasteiger partial charge on any atom is 0.416 e. The van der Waals surface area contributed by atoms with Crippen molar-refractivity contribution in [3.8, 4) is 17.3 Å². The minimum absolute atomic E-state index is 0.0862. The molecule has 0 aliphatic carbocycles. The number of furan rings is 1. The molecular weight excluding hydrogens is 579 g/mol. The van der Waals surface area contributed by atoms with Crippen LogP contribution in [-0.4, -0.2) is 25.7 Å². The molecule has 0 radical (unpaired) electrons. The molecule has 3 aromatic carbocycles. The van der Waals surface area contributed by atoms with E-state index in [1.54, 1.807) is 12.1 Å². The number of halogens is 3. The van der Waals surface area contributed by atoms with Gasteiger partial charge in [-0.25, -0.2) is 4.98 Å². The lowest BCUT2D eigenvalue weighted by Gasteiger charge is -2.19. The number of thioether (sulfide) groups is 1. The number of carbonyl (C=O) groups is 1. The van der Waals surface area contributed by atoms with Crippen LogP contribution in [0.2, 0.25) is 0 Å². The molecule has 0 aliphatic rings. The van der Waals surface area contributed by atoms with E-state index in [0.29, 0.717) is 5.76 Å². The highest BCUT2D eigenvalue weighted by Crippen LogP contribution is 2.34. The molecular formula is C31H22F3N5O3S. The fourth-order valence-corrected chi connectivity index (χ4v) is 5.25. The predicted octanol–water partition coefficient (Wildman–Crippen LogP) is 7.35. The number of hydrogen-bond donors (Lipinski definition) is 1. The van der Waals surface area contributed by atoms with Crippen LogP contribution in [0.25, 0.3) is 17.3 Å². The predicted molar refractivity (Wildman–Crippen MR) is 152 cm³/mol. The van der Waals surface area contributed by atoms with Crippen LogP contribution in [0.1, 0.15) is 39.1 Å². The van der Waals surface area contributed by atoms with Gasteiger partial charge in [-0.05, 0) is 41.5 Å². The van der Waals surface area contributed by atoms with Crippen molar-refractivity contribution in [1.82, 2.24) is 25.1 Å². The smallest absolute Gasteiger partial charge is 0.416 e. The molecule has 0 saturated heterocycles. The summed E-state index contributed by atoms with van der Waals surface area (Å²) >= 11 is 1.14. The van der Waals surface area contributed by atoms with Gasteiger partial charge in [-0.15, -0.1) is 10.2 Å². The molecule has 3 aromatic heterocycles. The molecule has 0 atom stereocenters. The maximum absolute atomic E-state index is 13.5. The Labute approximate surface area is 247 Å². The van der Waals surface area contributed by atoms with Crippen molar-refractivity contribution in [2.45, 2.75) is 23.1 Å². The average Bonchev–Trinajstić information content (AvgIpc) is 3.80. The summed E-state index contributed by atoms with van der Waals surface area (Å²) in [5, 5.41) is 11.7. The first-order chi connectivity index (χ1) is 20.9. The Bertz CT molecular complexity index is 1780. The van der Waals surface area contributed by atoms with Gasteiger partial charge in [0, 0.05) is 0 Å². The van der Waals surface area contributed by atoms with Crippen LogP contribution in [0.4, 0.5) is 13.2 Å². The minimum Gasteiger partial charge on any atom is -0.461 e. The SMILES string of the molecule is O=C(NC(c1ccccc1)c1ccccc1)c1coc(CSc2nnc(-c3ccco3)n2-c2cccc(C(F)(F)F)c2)n1. The standard InChI is InChI=1S/C31H22F3N5O3S/c32-31(33,34)22-13-7-14-23(17-22)39-28(25-15-8-16-41-25)37-38-30(39)43-19-26-35-24(18-42-26)29(40)36-27(20-9-3-1-4-10-20)21-11-5-2-6-12-21/h1-18,27H,19H2,(H,36,40). The zero-order chi connectivity index (χ0) is 29.8. The largest absolute Gasteiger partial charge is 0.461 e. The number of nitrogens with zero attached hydrogens (tertiary/aromatic N) is 4. The van der Waals surface area contributed by atoms with Crippen molar-refractivity contribution in [2.75, 3.05) is 0 Å². The number of hydrogen-bond acceptors (Lipinski definition) is 7. The van der Waals surface area contributed by atoms with Gasteiger partial charge in [0.05, 0.1) is 29.3 Å². The average molecular weight is 602 g/mol. The fraction of sp³-hybridized carbons (Fsp3) is 0.0968. The monoisotopic (exact) mass is 601 g/mol. The number of aromatic nitrogens is 4. The van der Waals surface area contributed by atoms with Gasteiger partial charge >= 0.3 is 6.18 Å². The highest BCUT2D eigenvalue weighted by Gasteiger charge is 2.31. The lowest BCUT2D eigenvalue weighted by Crippen LogP contribution is -2.29. The summed E-state index contributed by atoms with van der Waals surface area (Å²) in [6, 6.07) is 26.9. The molecule has 6 aromatic rings. The summed E-state index contributed by atoms with van der Waals surface area (Å²) in [6.45, 7) is 0. The van der Waals surface area contributed by atoms with Crippen LogP contribution >= 0.6 is 11.8 Å². The van der Waals surface area contributed by atoms with Gasteiger partial charge in [-0.2, -0.15) is 13.2 Å². The molecule has 6 rings (SSSR count). The minimum atomic E-state index is -4.53. The second-order valence-electron chi connectivity index (χ2n) is 9.31. The van der Waals surface area contributed by atoms with E-state index in [1.807, 2.05) is 60.7 Å². The van der Waals surface area contributed by atoms with Crippen LogP contribution in [0.15, 0.2) is 124 Å². The summed E-state index contributed by atoms with van der Waals surface area (Å²) in [5.74, 6) is 0.489. The van der Waals surface area contributed by atoms with Crippen molar-refractivity contribution in [3.63, 3.8) is 0 Å². The number of oxazole rings is 1. The first-order valence-corrected chi connectivity index (χ1v) is 14.0. The number of rotatable bonds is 9. The Kier molecular flexibility index (Phi) is 7.84. The summed E-state index contributed by atoms with van der Waals surface area (Å²) < 4.78 is 52.9. The van der Waals surface area contributed by atoms with Gasteiger partial charge < -0.3 is 14.2 Å². The van der Waals surface area contributed by atoms with Crippen molar-refractivity contribution in [1.29, 1.82) is 0 Å². The summed E-state index contributed by atoms with van der Waals surface area (Å²) in [7, 11) is 0. The molecule has 0 unspecified atom stereocenters. The zero-order valence-corrected chi connectivity index (χ0v) is 23.0. The van der Waals surface area contributed by atoms with Crippen molar-refractivity contribution in [3.05, 3.63) is 138 Å². The number of nitrogens with one attached hydrogen (secondary N) is 1. The molecule has 3 heterocycles. The van der Waals surface area contributed by atoms with Gasteiger partial charge in [-0.3, -0.25) is 9.36 Å². The topological polar surface area (TPSA) is 99.0 Å². The molecule has 0 spiro atoms. The molecule has 0 bridgehead atoms. The molecule has 0 fully saturated rings. The number of amides is 1. The molecule has 43 heavy (non-hydrogen) atoms. The van der Waals surface area contributed by atoms with E-state index in [0.717, 1.165) is 35.0 Å². The summed E-state index contributed by atoms with van der Waals surface area (Å²) in [6.07, 6.45) is -1.83. The van der Waals surface area contributed by atoms with Crippen LogP contribution in [-0.2, 0) is 11.9 Å². The third-order valence-corrected chi connectivity index (χ3v) is 7.37. The Hall–Kier alpha value is -5.10. The molecule has 0 saturated carbocycles. The van der Waals surface area contributed by atoms with E-state index in [4.69, 9.17) is 8.83 Å². The molecule has 1 amide bonds. The second-order valence-corrected chi connectivity index (χ2v) is 10.3. The van der Waals surface area contributed by atoms with E-state index in [9.17, 15) is 18.0 Å². The van der Waals surface area contributed by atoms with Crippen LogP contribution in [0, 0.1) is 0 Å². The number of carbonyl (C=O) groups excluding carboxylic acids is 1. The maximum atomic E-state index is 13.5. The van der Waals surface area contributed by atoms with E-state index in [2.05, 4.69) is 20.5 Å². The van der Waals surface area contributed by atoms with E-state index in [-0.39, 0.29) is 34.0 Å². The summed E-state index contributed by atoms with van der Waals surface area (Å²) in [5.41, 5.74) is 1.29. The normalized spacial score (nSPS) is 11.6. The van der Waals surface area contributed by atoms with Gasteiger partial charge in [0.25, 0.3) is 5.91 Å². The Morgan fingerprint density at radius 3 is 2.26 bits per heavy atom. The molecule has 1 N–H and O–H groups in total. The van der Waals surface area contributed by atoms with Crippen molar-refractivity contribution >= 4 is 17.7 Å². The van der Waals surface area contributed by atoms with Crippen LogP contribution in [0.5, 0.6) is 0 Å². The Morgan fingerprint density at radius 2 is 1.60 bits per heavy atom. The van der Waals surface area contributed by atoms with Crippen LogP contribution < -0.4 is 5.32 Å². The zero-order valence-electron chi connectivity index (χ0n) is 22.2. The third kappa shape index (κ3) is 6.24. The number of benzene rings is 3. The molecule has 216 valence electrons. The van der Waals surface area contributed by atoms with Gasteiger partial charge in [-0.1, -0.05) is 78.5 Å². The Morgan fingerprint density at radius 1 is 0.884 bits per heavy atom. The fourth-order valence-electron chi connectivity index (χ4n) is 4.45. The molecule has 12 heteroatoms. The quantitative estimate of drug-likeness (QED) is 0.173. The highest BCUT2D eigenvalue weighted by molar-refractivity contribution is 7.98. The van der Waals surface area contributed by atoms with Crippen molar-refractivity contribution in [2.24, 2.45) is 0 Å². The number of alkyl halides is 3.